The molecule has 0 spiro atoms. The molecule has 0 unspecified atom stereocenters. The van der Waals surface area contributed by atoms with E-state index in [1.54, 1.807) is 11.8 Å². The molecule has 0 bridgehead atoms. The van der Waals surface area contributed by atoms with E-state index in [9.17, 15) is 9.59 Å². The second-order valence-electron chi connectivity index (χ2n) is 5.40. The minimum atomic E-state index is -0.259. The lowest BCUT2D eigenvalue weighted by molar-refractivity contribution is -0.144. The third-order valence-electron chi connectivity index (χ3n) is 3.26. The minimum absolute atomic E-state index is 0.0392. The van der Waals surface area contributed by atoms with Crippen LogP contribution in [0.3, 0.4) is 0 Å². The highest BCUT2D eigenvalue weighted by Crippen LogP contribution is 2.04. The Kier molecular flexibility index (Phi) is 8.22. The highest BCUT2D eigenvalue weighted by atomic mass is 16.5. The molecule has 0 aliphatic rings. The summed E-state index contributed by atoms with van der Waals surface area (Å²) in [6.45, 7) is 3.93. The number of esters is 1. The normalized spacial score (nSPS) is 10.5. The molecule has 1 aromatic carbocycles. The molecule has 0 N–H and O–H groups in total. The van der Waals surface area contributed by atoms with E-state index < -0.39 is 0 Å². The molecule has 122 valence electrons. The number of hydrogen-bond acceptors (Lipinski definition) is 4. The summed E-state index contributed by atoms with van der Waals surface area (Å²) in [5, 5.41) is 0. The first kappa shape index (κ1) is 18.2. The van der Waals surface area contributed by atoms with Crippen molar-refractivity contribution in [2.45, 2.75) is 19.8 Å². The molecule has 5 heteroatoms. The van der Waals surface area contributed by atoms with Gasteiger partial charge in [0.15, 0.2) is 0 Å². The third kappa shape index (κ3) is 7.22. The third-order valence-corrected chi connectivity index (χ3v) is 3.26. The fourth-order valence-electron chi connectivity index (χ4n) is 2.02. The number of nitrogens with zero attached hydrogens (tertiary/aromatic N) is 2. The van der Waals surface area contributed by atoms with Gasteiger partial charge in [-0.15, -0.1) is 0 Å². The van der Waals surface area contributed by atoms with E-state index >= 15 is 0 Å². The van der Waals surface area contributed by atoms with Crippen LogP contribution in [-0.2, 0) is 20.7 Å². The highest BCUT2D eigenvalue weighted by molar-refractivity contribution is 5.79. The predicted molar refractivity (Wildman–Crippen MR) is 86.5 cm³/mol. The standard InChI is InChI=1S/C17H26N2O3/c1-4-22-17(21)10-11-19(13-12-18(2)3)16(20)14-15-8-6-5-7-9-15/h5-9H,4,10-14H2,1-3H3. The Labute approximate surface area is 132 Å². The molecule has 5 nitrogen and oxygen atoms in total. The van der Waals surface area contributed by atoms with Gasteiger partial charge in [0.2, 0.25) is 5.91 Å². The van der Waals surface area contributed by atoms with Crippen molar-refractivity contribution in [3.63, 3.8) is 0 Å². The van der Waals surface area contributed by atoms with Crippen molar-refractivity contribution in [1.29, 1.82) is 0 Å². The van der Waals surface area contributed by atoms with Gasteiger partial charge in [-0.1, -0.05) is 30.3 Å². The molecule has 0 saturated carbocycles. The molecule has 1 aromatic rings. The van der Waals surface area contributed by atoms with Gasteiger partial charge in [-0.2, -0.15) is 0 Å². The Morgan fingerprint density at radius 2 is 1.73 bits per heavy atom. The number of benzene rings is 1. The summed E-state index contributed by atoms with van der Waals surface area (Å²) in [5.74, 6) is -0.220. The summed E-state index contributed by atoms with van der Waals surface area (Å²) in [5.41, 5.74) is 0.985. The van der Waals surface area contributed by atoms with E-state index in [1.165, 1.54) is 0 Å². The van der Waals surface area contributed by atoms with Crippen LogP contribution in [-0.4, -0.2) is 62.0 Å². The van der Waals surface area contributed by atoms with Gasteiger partial charge in [-0.3, -0.25) is 9.59 Å². The van der Waals surface area contributed by atoms with Gasteiger partial charge in [0.25, 0.3) is 0 Å². The SMILES string of the molecule is CCOC(=O)CCN(CCN(C)C)C(=O)Cc1ccccc1. The van der Waals surface area contributed by atoms with E-state index in [0.717, 1.165) is 12.1 Å². The van der Waals surface area contributed by atoms with Crippen LogP contribution in [0.15, 0.2) is 30.3 Å². The zero-order valence-corrected chi connectivity index (χ0v) is 13.7. The lowest BCUT2D eigenvalue weighted by Crippen LogP contribution is -2.39. The largest absolute Gasteiger partial charge is 0.466 e. The van der Waals surface area contributed by atoms with Crippen molar-refractivity contribution in [2.75, 3.05) is 40.3 Å². The van der Waals surface area contributed by atoms with Gasteiger partial charge in [0, 0.05) is 19.6 Å². The summed E-state index contributed by atoms with van der Waals surface area (Å²) < 4.78 is 4.93. The van der Waals surface area contributed by atoms with Crippen LogP contribution in [0.5, 0.6) is 0 Å². The first-order valence-corrected chi connectivity index (χ1v) is 7.65. The number of ether oxygens (including phenoxy) is 1. The smallest absolute Gasteiger partial charge is 0.307 e. The summed E-state index contributed by atoms with van der Waals surface area (Å²) >= 11 is 0. The number of rotatable bonds is 9. The monoisotopic (exact) mass is 306 g/mol. The molecule has 1 rings (SSSR count). The van der Waals surface area contributed by atoms with Gasteiger partial charge < -0.3 is 14.5 Å². The second kappa shape index (κ2) is 9.95. The van der Waals surface area contributed by atoms with E-state index in [1.807, 2.05) is 49.3 Å². The van der Waals surface area contributed by atoms with Crippen molar-refractivity contribution >= 4 is 11.9 Å². The highest BCUT2D eigenvalue weighted by Gasteiger charge is 2.16. The average Bonchev–Trinajstić information content (AvgIpc) is 2.48. The van der Waals surface area contributed by atoms with Crippen LogP contribution in [0.1, 0.15) is 18.9 Å². The zero-order valence-electron chi connectivity index (χ0n) is 13.7. The maximum atomic E-state index is 12.5. The fourth-order valence-corrected chi connectivity index (χ4v) is 2.02. The molecule has 0 heterocycles. The van der Waals surface area contributed by atoms with E-state index in [4.69, 9.17) is 4.74 Å². The molecule has 0 radical (unpaired) electrons. The molecular weight excluding hydrogens is 280 g/mol. The molecule has 22 heavy (non-hydrogen) atoms. The Hall–Kier alpha value is -1.88. The molecule has 1 amide bonds. The van der Waals surface area contributed by atoms with Crippen LogP contribution >= 0.6 is 0 Å². The number of carbonyl (C=O) groups is 2. The second-order valence-corrected chi connectivity index (χ2v) is 5.40. The first-order chi connectivity index (χ1) is 10.5. The molecule has 0 aliphatic carbocycles. The van der Waals surface area contributed by atoms with Gasteiger partial charge >= 0.3 is 5.97 Å². The molecular formula is C17H26N2O3. The van der Waals surface area contributed by atoms with Crippen molar-refractivity contribution in [1.82, 2.24) is 9.80 Å². The Bertz CT molecular complexity index is 460. The number of carbonyl (C=O) groups excluding carboxylic acids is 2. The summed E-state index contributed by atoms with van der Waals surface area (Å²) in [4.78, 5) is 27.7. The first-order valence-electron chi connectivity index (χ1n) is 7.65. The Balaban J connectivity index is 2.59. The zero-order chi connectivity index (χ0) is 16.4. The maximum Gasteiger partial charge on any atom is 0.307 e. The van der Waals surface area contributed by atoms with Crippen LogP contribution < -0.4 is 0 Å². The van der Waals surface area contributed by atoms with Crippen LogP contribution in [0.4, 0.5) is 0 Å². The topological polar surface area (TPSA) is 49.9 Å². The maximum absolute atomic E-state index is 12.5. The van der Waals surface area contributed by atoms with Crippen molar-refractivity contribution in [3.8, 4) is 0 Å². The van der Waals surface area contributed by atoms with Crippen LogP contribution in [0.2, 0.25) is 0 Å². The van der Waals surface area contributed by atoms with Crippen molar-refractivity contribution in [2.24, 2.45) is 0 Å². The van der Waals surface area contributed by atoms with Crippen molar-refractivity contribution < 1.29 is 14.3 Å². The summed E-state index contributed by atoms with van der Waals surface area (Å²) in [6.07, 6.45) is 0.596. The average molecular weight is 306 g/mol. The summed E-state index contributed by atoms with van der Waals surface area (Å²) in [7, 11) is 3.93. The number of amides is 1. The molecule has 0 aromatic heterocycles. The van der Waals surface area contributed by atoms with Crippen LogP contribution in [0, 0.1) is 0 Å². The Morgan fingerprint density at radius 3 is 2.32 bits per heavy atom. The number of likely N-dealkylation sites (N-methyl/N-ethyl adjacent to an activating group) is 1. The van der Waals surface area contributed by atoms with Crippen LogP contribution in [0.25, 0.3) is 0 Å². The minimum Gasteiger partial charge on any atom is -0.466 e. The molecule has 0 aliphatic heterocycles. The molecule has 0 saturated heterocycles. The van der Waals surface area contributed by atoms with E-state index in [-0.39, 0.29) is 18.3 Å². The van der Waals surface area contributed by atoms with E-state index in [0.29, 0.717) is 26.1 Å². The van der Waals surface area contributed by atoms with Gasteiger partial charge in [-0.25, -0.2) is 0 Å². The molecule has 0 atom stereocenters. The number of hydrogen-bond donors (Lipinski definition) is 0. The van der Waals surface area contributed by atoms with Crippen molar-refractivity contribution in [3.05, 3.63) is 35.9 Å². The Morgan fingerprint density at radius 1 is 1.05 bits per heavy atom. The van der Waals surface area contributed by atoms with Gasteiger partial charge in [0.05, 0.1) is 19.4 Å². The quantitative estimate of drug-likeness (QED) is 0.650. The molecule has 0 fully saturated rings. The van der Waals surface area contributed by atoms with Gasteiger partial charge in [0.1, 0.15) is 0 Å². The fraction of sp³-hybridized carbons (Fsp3) is 0.529. The lowest BCUT2D eigenvalue weighted by atomic mass is 10.1. The van der Waals surface area contributed by atoms with Gasteiger partial charge in [-0.05, 0) is 26.6 Å². The predicted octanol–water partition coefficient (Wildman–Crippen LogP) is 1.57. The van der Waals surface area contributed by atoms with E-state index in [2.05, 4.69) is 0 Å². The summed E-state index contributed by atoms with van der Waals surface area (Å²) in [6, 6.07) is 9.65. The lowest BCUT2D eigenvalue weighted by Gasteiger charge is -2.24.